The quantitative estimate of drug-likeness (QED) is 0.0159. The molecule has 20 heteroatoms. The molecule has 7 unspecified atom stereocenters. The summed E-state index contributed by atoms with van der Waals surface area (Å²) in [5, 5.41) is 51.1. The molecule has 0 bridgehead atoms. The molecule has 1 fully saturated rings. The highest BCUT2D eigenvalue weighted by Crippen LogP contribution is 2.70. The molecule has 0 heterocycles. The Hall–Kier alpha value is -8.56. The van der Waals surface area contributed by atoms with E-state index in [-0.39, 0.29) is 94.1 Å². The highest BCUT2D eigenvalue weighted by molar-refractivity contribution is 7.99. The van der Waals surface area contributed by atoms with E-state index in [1.54, 1.807) is 150 Å². The number of hydrogen-bond acceptors (Lipinski definition) is 20. The summed E-state index contributed by atoms with van der Waals surface area (Å²) in [7, 11) is 1.35. The fourth-order valence-electron chi connectivity index (χ4n) is 19.3. The van der Waals surface area contributed by atoms with E-state index in [1.165, 1.54) is 80.9 Å². The van der Waals surface area contributed by atoms with E-state index in [0.29, 0.717) is 73.1 Å². The Bertz CT molecular complexity index is 5830. The second-order valence-electron chi connectivity index (χ2n) is 37.4. The number of hydrogen-bond donors (Lipinski definition) is 2. The first-order valence-corrected chi connectivity index (χ1v) is 44.5. The van der Waals surface area contributed by atoms with Crippen molar-refractivity contribution in [2.24, 2.45) is 44.8 Å². The van der Waals surface area contributed by atoms with Crippen LogP contribution in [-0.4, -0.2) is 147 Å². The van der Waals surface area contributed by atoms with E-state index in [4.69, 9.17) is 37.9 Å². The number of carbonyl (C=O) groups is 8. The van der Waals surface area contributed by atoms with Gasteiger partial charge in [-0.2, -0.15) is 23.5 Å². The Labute approximate surface area is 691 Å². The number of esters is 8. The second-order valence-corrected chi connectivity index (χ2v) is 39.6. The van der Waals surface area contributed by atoms with E-state index in [1.807, 2.05) is 62.3 Å². The summed E-state index contributed by atoms with van der Waals surface area (Å²) >= 11 is 2.92. The molecule has 17 rings (SSSR count). The standard InChI is InChI=1S/C58H42O4.C21H38O7S.C18H32O7S/c1-4-58(2,3)57(60)62-14-13-61-34(59)12-8-11-31(23-9-6-5-7-10-23)42-32-21-29-19-26-15-24-17-28-18-25-16-27-20-30-22-33(42)44-43(32)49-40(29)47-37(26)35(24)45-39(28)46-36(25)38(27)48-41(30)50(44)56-54(48)52(46)51(45)53(47)55(49)56;1-8-20(4,5)18(24)28-13-16(22)12-26-17(23)9-10-29-14-21(6,7)19(25)27-11-15(2)3;1-7-17(2,3)16(22)25-11-13(19)10-24-14(20)8-9-26-12-18(4,5)15(21)23-6/h5-7,9-10,15,17-18,21-22,25,27,31,38,42H,4,8,11-14,16,19-20H2,1-3H3;15-16,22H,8-14H2,1-7H3;13,19H,7-12H2,1-6H3. The zero-order chi connectivity index (χ0) is 83.6. The van der Waals surface area contributed by atoms with Gasteiger partial charge in [-0.05, 0) is 296 Å². The zero-order valence-electron chi connectivity index (χ0n) is 70.7. The first kappa shape index (κ1) is 83.5. The summed E-state index contributed by atoms with van der Waals surface area (Å²) in [5.41, 5.74) is 9.50. The number of methoxy groups -OCH3 is 1. The molecule has 0 aliphatic heterocycles. The third-order valence-electron chi connectivity index (χ3n) is 26.5. The molecule has 0 radical (unpaired) electrons. The van der Waals surface area contributed by atoms with Gasteiger partial charge in [-0.3, -0.25) is 38.4 Å². The number of ether oxygens (including phenoxy) is 8. The minimum absolute atomic E-state index is 0.0902. The third kappa shape index (κ3) is 14.6. The van der Waals surface area contributed by atoms with Crippen molar-refractivity contribution < 1.29 is 86.5 Å². The number of benzene rings is 7. The zero-order valence-corrected chi connectivity index (χ0v) is 72.3. The third-order valence-corrected chi connectivity index (χ3v) is 29.3. The van der Waals surface area contributed by atoms with E-state index < -0.39 is 63.2 Å². The number of rotatable bonds is 37. The van der Waals surface area contributed by atoms with Crippen LogP contribution in [0.5, 0.6) is 0 Å². The number of aliphatic hydroxyl groups is 2. The van der Waals surface area contributed by atoms with Crippen molar-refractivity contribution in [1.29, 1.82) is 0 Å². The average Bonchev–Trinajstić information content (AvgIpc) is 1.44. The van der Waals surface area contributed by atoms with Gasteiger partial charge in [-0.15, -0.1) is 0 Å². The van der Waals surface area contributed by atoms with Crippen LogP contribution in [0.25, 0.3) is 109 Å². The van der Waals surface area contributed by atoms with Crippen LogP contribution in [0.15, 0.2) is 54.6 Å². The van der Waals surface area contributed by atoms with Crippen LogP contribution in [0.4, 0.5) is 0 Å². The molecule has 6 aliphatic rings. The normalized spacial score (nSPS) is 17.7. The Morgan fingerprint density at radius 2 is 0.949 bits per heavy atom. The number of carbonyl (C=O) groups excluding carboxylic acids is 8. The van der Waals surface area contributed by atoms with Crippen LogP contribution < -0.4 is 10.4 Å². The van der Waals surface area contributed by atoms with Gasteiger partial charge in [0.15, 0.2) is 0 Å². The molecule has 11 aromatic carbocycles. The van der Waals surface area contributed by atoms with Gasteiger partial charge in [0, 0.05) is 47.2 Å². The van der Waals surface area contributed by atoms with Crippen molar-refractivity contribution >= 4 is 180 Å². The van der Waals surface area contributed by atoms with Crippen LogP contribution in [-0.2, 0) is 89.1 Å². The highest BCUT2D eigenvalue weighted by Gasteiger charge is 2.52. The maximum Gasteiger partial charge on any atom is 0.312 e. The van der Waals surface area contributed by atoms with Gasteiger partial charge in [-0.1, -0.05) is 89.2 Å². The lowest BCUT2D eigenvalue weighted by Crippen LogP contribution is -2.31. The van der Waals surface area contributed by atoms with Crippen LogP contribution >= 0.6 is 23.5 Å². The summed E-state index contributed by atoms with van der Waals surface area (Å²) in [6, 6.07) is 21.8. The van der Waals surface area contributed by atoms with Gasteiger partial charge in [-0.25, -0.2) is 0 Å². The molecule has 6 aliphatic carbocycles. The molecule has 0 amide bonds. The molecule has 1 saturated carbocycles. The smallest absolute Gasteiger partial charge is 0.312 e. The highest BCUT2D eigenvalue weighted by atomic mass is 32.2. The average molecular weight is 1630 g/mol. The maximum absolute atomic E-state index is 13.3. The molecular formula is C97H112O18S2. The fourth-order valence-corrected chi connectivity index (χ4v) is 21.5. The van der Waals surface area contributed by atoms with E-state index >= 15 is 0 Å². The first-order chi connectivity index (χ1) is 55.6. The van der Waals surface area contributed by atoms with Crippen molar-refractivity contribution in [3.8, 4) is 0 Å². The number of thioether (sulfide) groups is 2. The summed E-state index contributed by atoms with van der Waals surface area (Å²) in [6.07, 6.45) is 8.20. The van der Waals surface area contributed by atoms with E-state index in [2.05, 4.69) is 60.7 Å². The van der Waals surface area contributed by atoms with Crippen molar-refractivity contribution in [3.63, 3.8) is 0 Å². The van der Waals surface area contributed by atoms with Crippen molar-refractivity contribution in [2.45, 2.75) is 204 Å². The predicted octanol–water partition coefficient (Wildman–Crippen LogP) is 17.2. The molecule has 2 N–H and O–H groups in total. The lowest BCUT2D eigenvalue weighted by atomic mass is 9.71. The molecule has 620 valence electrons. The summed E-state index contributed by atoms with van der Waals surface area (Å²) < 4.78 is 41.2. The Morgan fingerprint density at radius 3 is 1.53 bits per heavy atom. The summed E-state index contributed by atoms with van der Waals surface area (Å²) in [6.45, 7) is 27.4. The van der Waals surface area contributed by atoms with Crippen LogP contribution in [0.1, 0.15) is 218 Å². The molecule has 0 aromatic heterocycles. The first-order valence-electron chi connectivity index (χ1n) is 42.2. The van der Waals surface area contributed by atoms with Gasteiger partial charge < -0.3 is 48.1 Å². The van der Waals surface area contributed by atoms with Crippen LogP contribution in [0.3, 0.4) is 0 Å². The van der Waals surface area contributed by atoms with Crippen molar-refractivity contribution in [2.75, 3.05) is 76.4 Å². The van der Waals surface area contributed by atoms with E-state index in [0.717, 1.165) is 25.7 Å². The molecule has 0 spiro atoms. The summed E-state index contributed by atoms with van der Waals surface area (Å²) in [5.74, 6) is 1.69. The number of aliphatic hydroxyl groups excluding tert-OH is 2. The predicted molar refractivity (Wildman–Crippen MR) is 463 cm³/mol. The van der Waals surface area contributed by atoms with Crippen molar-refractivity contribution in [3.05, 3.63) is 104 Å². The Kier molecular flexibility index (Phi) is 22.7. The van der Waals surface area contributed by atoms with Crippen LogP contribution in [0.2, 0.25) is 0 Å². The van der Waals surface area contributed by atoms with Crippen LogP contribution in [0, 0.1) is 44.8 Å². The molecule has 0 saturated heterocycles. The lowest BCUT2D eigenvalue weighted by Gasteiger charge is -2.31. The maximum atomic E-state index is 13.3. The fraction of sp³-hybridized carbons (Fsp3) is 0.526. The van der Waals surface area contributed by atoms with Crippen molar-refractivity contribution in [1.82, 2.24) is 0 Å². The molecule has 7 atom stereocenters. The van der Waals surface area contributed by atoms with Gasteiger partial charge in [0.1, 0.15) is 51.8 Å². The van der Waals surface area contributed by atoms with Gasteiger partial charge in [0.25, 0.3) is 0 Å². The van der Waals surface area contributed by atoms with Gasteiger partial charge in [0.2, 0.25) is 0 Å². The largest absolute Gasteiger partial charge is 0.469 e. The topological polar surface area (TPSA) is 251 Å². The van der Waals surface area contributed by atoms with Gasteiger partial charge in [0.05, 0.1) is 53.6 Å². The lowest BCUT2D eigenvalue weighted by molar-refractivity contribution is -0.161. The minimum Gasteiger partial charge on any atom is -0.469 e. The Morgan fingerprint density at radius 1 is 0.479 bits per heavy atom. The molecule has 11 aromatic rings. The second kappa shape index (κ2) is 31.9. The van der Waals surface area contributed by atoms with Gasteiger partial charge >= 0.3 is 47.8 Å². The Balaban J connectivity index is 0.000000165. The SMILES string of the molecule is CCC(C)(C)C(=O)OCC(O)COC(=O)CCSCC(C)(C)C(=O)OC.CCC(C)(C)C(=O)OCC(O)COC(=O)CCSCC(C)(C)C(=O)OCC(C)C.CCC(C)(C)C(=O)OCCOC(=O)CCCC(c1ccccc1)C1c2cc3c4c5c6c7c8c9c(cc%10cc%11c%12c%10c9c7c7c%12c9c(cc1c1c2c4c6c7c19)C%11)=CC1CC(C3)C5C=81. The minimum atomic E-state index is -1.06. The monoisotopic (exact) mass is 1630 g/mol. The molecular weight excluding hydrogens is 1520 g/mol. The molecule has 117 heavy (non-hydrogen) atoms. The van der Waals surface area contributed by atoms with E-state index in [9.17, 15) is 48.6 Å². The molecule has 18 nitrogen and oxygen atoms in total. The summed E-state index contributed by atoms with van der Waals surface area (Å²) in [4.78, 5) is 96.5.